The van der Waals surface area contributed by atoms with E-state index in [1.807, 2.05) is 18.2 Å². The number of rotatable bonds is 4. The molecular weight excluding hydrogens is 328 g/mol. The van der Waals surface area contributed by atoms with E-state index in [2.05, 4.69) is 21.2 Å². The second-order valence-electron chi connectivity index (χ2n) is 4.86. The van der Waals surface area contributed by atoms with E-state index >= 15 is 0 Å². The second-order valence-corrected chi connectivity index (χ2v) is 5.86. The molecule has 118 valence electrons. The Hall–Kier alpha value is -3.05. The highest BCUT2D eigenvalue weighted by Gasteiger charge is 2.16. The molecule has 2 aromatic heterocycles. The van der Waals surface area contributed by atoms with Crippen molar-refractivity contribution in [1.29, 1.82) is 5.26 Å². The Morgan fingerprint density at radius 1 is 1.17 bits per heavy atom. The first-order chi connectivity index (χ1) is 11.8. The first-order valence-corrected chi connectivity index (χ1v) is 8.02. The smallest absolute Gasteiger partial charge is 0.237 e. The molecule has 1 aromatic carbocycles. The van der Waals surface area contributed by atoms with Crippen LogP contribution in [0.4, 0.5) is 0 Å². The summed E-state index contributed by atoms with van der Waals surface area (Å²) in [4.78, 5) is 8.57. The van der Waals surface area contributed by atoms with Crippen LogP contribution in [0.3, 0.4) is 0 Å². The van der Waals surface area contributed by atoms with E-state index in [9.17, 15) is 0 Å². The van der Waals surface area contributed by atoms with Crippen molar-refractivity contribution in [1.82, 2.24) is 15.1 Å². The van der Waals surface area contributed by atoms with Gasteiger partial charge in [-0.3, -0.25) is 0 Å². The molecule has 0 unspecified atom stereocenters. The molecule has 3 heterocycles. The van der Waals surface area contributed by atoms with Crippen LogP contribution in [-0.2, 0) is 5.75 Å². The fourth-order valence-corrected chi connectivity index (χ4v) is 2.89. The maximum atomic E-state index is 8.90. The van der Waals surface area contributed by atoms with Gasteiger partial charge in [-0.1, -0.05) is 16.9 Å². The highest BCUT2D eigenvalue weighted by atomic mass is 32.2. The van der Waals surface area contributed by atoms with Gasteiger partial charge in [0, 0.05) is 11.8 Å². The van der Waals surface area contributed by atoms with Gasteiger partial charge in [-0.25, -0.2) is 4.98 Å². The van der Waals surface area contributed by atoms with Crippen molar-refractivity contribution >= 4 is 11.8 Å². The molecule has 0 fully saturated rings. The van der Waals surface area contributed by atoms with Gasteiger partial charge < -0.3 is 14.0 Å². The second kappa shape index (κ2) is 6.22. The van der Waals surface area contributed by atoms with Crippen molar-refractivity contribution < 1.29 is 14.0 Å². The first-order valence-electron chi connectivity index (χ1n) is 7.03. The zero-order chi connectivity index (χ0) is 16.4. The van der Waals surface area contributed by atoms with E-state index in [0.29, 0.717) is 34.5 Å². The Balaban J connectivity index is 1.48. The zero-order valence-electron chi connectivity index (χ0n) is 12.3. The third-order valence-electron chi connectivity index (χ3n) is 3.31. The molecule has 0 aliphatic carbocycles. The van der Waals surface area contributed by atoms with Crippen LogP contribution in [0, 0.1) is 11.3 Å². The normalized spacial score (nSPS) is 12.1. The Morgan fingerprint density at radius 2 is 2.08 bits per heavy atom. The summed E-state index contributed by atoms with van der Waals surface area (Å²) in [7, 11) is 0. The molecule has 0 amide bonds. The quantitative estimate of drug-likeness (QED) is 0.670. The molecule has 1 aliphatic heterocycles. The summed E-state index contributed by atoms with van der Waals surface area (Å²) in [5.74, 6) is 2.83. The fraction of sp³-hybridized carbons (Fsp3) is 0.125. The van der Waals surface area contributed by atoms with Gasteiger partial charge in [0.15, 0.2) is 11.5 Å². The molecule has 4 rings (SSSR count). The summed E-state index contributed by atoms with van der Waals surface area (Å²) < 4.78 is 15.9. The third-order valence-corrected chi connectivity index (χ3v) is 4.22. The molecule has 0 atom stereocenters. The van der Waals surface area contributed by atoms with E-state index in [1.54, 1.807) is 18.3 Å². The molecule has 1 aliphatic rings. The van der Waals surface area contributed by atoms with Crippen LogP contribution in [0.15, 0.2) is 46.1 Å². The average Bonchev–Trinajstić information content (AvgIpc) is 3.28. The number of aromatic nitrogens is 3. The van der Waals surface area contributed by atoms with Crippen molar-refractivity contribution in [3.63, 3.8) is 0 Å². The minimum absolute atomic E-state index is 0.224. The summed E-state index contributed by atoms with van der Waals surface area (Å²) in [6.45, 7) is 0.224. The molecule has 0 bridgehead atoms. The van der Waals surface area contributed by atoms with Crippen LogP contribution in [0.25, 0.3) is 11.4 Å². The lowest BCUT2D eigenvalue weighted by atomic mass is 10.2. The van der Waals surface area contributed by atoms with Crippen LogP contribution < -0.4 is 9.47 Å². The number of ether oxygens (including phenoxy) is 2. The number of nitriles is 1. The number of fused-ring (bicyclic) bond motifs is 1. The van der Waals surface area contributed by atoms with Gasteiger partial charge >= 0.3 is 0 Å². The van der Waals surface area contributed by atoms with E-state index in [0.717, 1.165) is 10.6 Å². The lowest BCUT2D eigenvalue weighted by Gasteiger charge is -1.98. The standard InChI is InChI=1S/C16H10N4O3S/c17-7-10-3-4-18-15(5-10)24-8-14-19-16(20-23-14)11-1-2-12-13(6-11)22-9-21-12/h1-6H,8-9H2. The molecule has 7 nitrogen and oxygen atoms in total. The van der Waals surface area contributed by atoms with Crippen LogP contribution >= 0.6 is 11.8 Å². The van der Waals surface area contributed by atoms with Crippen molar-refractivity contribution in [2.45, 2.75) is 10.8 Å². The lowest BCUT2D eigenvalue weighted by molar-refractivity contribution is 0.174. The van der Waals surface area contributed by atoms with Crippen LogP contribution in [0.5, 0.6) is 11.5 Å². The number of hydrogen-bond donors (Lipinski definition) is 0. The Labute approximate surface area is 141 Å². The molecule has 0 spiro atoms. The number of benzene rings is 1. The summed E-state index contributed by atoms with van der Waals surface area (Å²) in [6, 6.07) is 11.0. The molecule has 3 aromatic rings. The Morgan fingerprint density at radius 3 is 3.00 bits per heavy atom. The maximum Gasteiger partial charge on any atom is 0.237 e. The molecule has 0 radical (unpaired) electrons. The van der Waals surface area contributed by atoms with Crippen molar-refractivity contribution in [2.24, 2.45) is 0 Å². The third kappa shape index (κ3) is 2.89. The minimum atomic E-state index is 0.224. The molecule has 0 saturated heterocycles. The molecule has 0 saturated carbocycles. The Bertz CT molecular complexity index is 935. The van der Waals surface area contributed by atoms with Gasteiger partial charge in [0.25, 0.3) is 0 Å². The monoisotopic (exact) mass is 338 g/mol. The largest absolute Gasteiger partial charge is 0.454 e. The van der Waals surface area contributed by atoms with Gasteiger partial charge in [-0.05, 0) is 30.3 Å². The van der Waals surface area contributed by atoms with Crippen LogP contribution in [0.2, 0.25) is 0 Å². The van der Waals surface area contributed by atoms with Crippen molar-refractivity contribution in [3.05, 3.63) is 48.0 Å². The number of nitrogens with zero attached hydrogens (tertiary/aromatic N) is 4. The van der Waals surface area contributed by atoms with E-state index in [1.165, 1.54) is 11.8 Å². The van der Waals surface area contributed by atoms with Crippen LogP contribution in [0.1, 0.15) is 11.5 Å². The highest BCUT2D eigenvalue weighted by molar-refractivity contribution is 7.98. The highest BCUT2D eigenvalue weighted by Crippen LogP contribution is 2.35. The lowest BCUT2D eigenvalue weighted by Crippen LogP contribution is -1.92. The topological polar surface area (TPSA) is 94.1 Å². The first kappa shape index (κ1) is 14.5. The van der Waals surface area contributed by atoms with Gasteiger partial charge in [-0.15, -0.1) is 0 Å². The molecule has 24 heavy (non-hydrogen) atoms. The van der Waals surface area contributed by atoms with E-state index in [-0.39, 0.29) is 6.79 Å². The van der Waals surface area contributed by atoms with Gasteiger partial charge in [0.05, 0.1) is 22.4 Å². The predicted molar refractivity (Wildman–Crippen MR) is 84.4 cm³/mol. The summed E-state index contributed by atoms with van der Waals surface area (Å²) in [5, 5.41) is 13.6. The van der Waals surface area contributed by atoms with E-state index < -0.39 is 0 Å². The maximum absolute atomic E-state index is 8.90. The summed E-state index contributed by atoms with van der Waals surface area (Å²) >= 11 is 1.43. The number of pyridine rings is 1. The fourth-order valence-electron chi connectivity index (χ4n) is 2.16. The van der Waals surface area contributed by atoms with Gasteiger partial charge in [0.1, 0.15) is 0 Å². The number of thioether (sulfide) groups is 1. The molecule has 8 heteroatoms. The van der Waals surface area contributed by atoms with Crippen molar-refractivity contribution in [3.8, 4) is 29.0 Å². The molecular formula is C16H10N4O3S. The SMILES string of the molecule is N#Cc1ccnc(SCc2nc(-c3ccc4c(c3)OCO4)no2)c1. The van der Waals surface area contributed by atoms with Crippen LogP contribution in [-0.4, -0.2) is 21.9 Å². The predicted octanol–water partition coefficient (Wildman–Crippen LogP) is 3.02. The zero-order valence-corrected chi connectivity index (χ0v) is 13.1. The number of hydrogen-bond acceptors (Lipinski definition) is 8. The van der Waals surface area contributed by atoms with Gasteiger partial charge in [-0.2, -0.15) is 10.2 Å². The molecule has 0 N–H and O–H groups in total. The Kier molecular flexibility index (Phi) is 3.76. The van der Waals surface area contributed by atoms with Crippen molar-refractivity contribution in [2.75, 3.05) is 6.79 Å². The average molecular weight is 338 g/mol. The summed E-state index contributed by atoms with van der Waals surface area (Å²) in [5.41, 5.74) is 1.36. The van der Waals surface area contributed by atoms with Gasteiger partial charge in [0.2, 0.25) is 18.5 Å². The van der Waals surface area contributed by atoms with E-state index in [4.69, 9.17) is 19.3 Å². The minimum Gasteiger partial charge on any atom is -0.454 e. The summed E-state index contributed by atoms with van der Waals surface area (Å²) in [6.07, 6.45) is 1.60.